The third-order valence-electron chi connectivity index (χ3n) is 3.92. The molecule has 0 radical (unpaired) electrons. The number of fused-ring (bicyclic) bond motifs is 1. The molecule has 0 saturated carbocycles. The minimum Gasteiger partial charge on any atom is -0.454 e. The highest BCUT2D eigenvalue weighted by atomic mass is 16.7. The number of nitrogens with zero attached hydrogens (tertiary/aromatic N) is 3. The number of anilines is 2. The quantitative estimate of drug-likeness (QED) is 0.719. The highest BCUT2D eigenvalue weighted by Crippen LogP contribution is 2.34. The molecule has 0 atom stereocenters. The summed E-state index contributed by atoms with van der Waals surface area (Å²) in [6, 6.07) is 10.7. The van der Waals surface area contributed by atoms with Gasteiger partial charge in [-0.1, -0.05) is 0 Å². The second-order valence-electron chi connectivity index (χ2n) is 5.92. The summed E-state index contributed by atoms with van der Waals surface area (Å²) in [4.78, 5) is 25.1. The number of aryl methyl sites for hydroxylation is 1. The van der Waals surface area contributed by atoms with E-state index in [1.165, 1.54) is 0 Å². The molecule has 2 N–H and O–H groups in total. The number of carbonyl (C=O) groups is 1. The third kappa shape index (κ3) is 3.95. The lowest BCUT2D eigenvalue weighted by Gasteiger charge is -2.09. The predicted molar refractivity (Wildman–Crippen MR) is 98.9 cm³/mol. The van der Waals surface area contributed by atoms with Crippen molar-refractivity contribution in [2.75, 3.05) is 17.4 Å². The van der Waals surface area contributed by atoms with Crippen LogP contribution in [0.15, 0.2) is 48.8 Å². The molecule has 1 aromatic carbocycles. The average molecular weight is 363 g/mol. The molecule has 3 aromatic rings. The molecule has 1 aliphatic heterocycles. The molecule has 0 saturated heterocycles. The first-order valence-corrected chi connectivity index (χ1v) is 8.37. The monoisotopic (exact) mass is 363 g/mol. The van der Waals surface area contributed by atoms with E-state index in [-0.39, 0.29) is 18.4 Å². The molecule has 4 rings (SSSR count). The number of hydrogen-bond donors (Lipinski definition) is 2. The van der Waals surface area contributed by atoms with E-state index in [2.05, 4.69) is 25.6 Å². The normalized spacial score (nSPS) is 11.9. The van der Waals surface area contributed by atoms with Crippen molar-refractivity contribution >= 4 is 17.4 Å². The van der Waals surface area contributed by atoms with Crippen LogP contribution in [-0.2, 0) is 6.54 Å². The number of nitrogens with one attached hydrogen (secondary N) is 2. The molecular formula is C19H17N5O3. The number of carbonyl (C=O) groups excluding carboxylic acids is 1. The predicted octanol–water partition coefficient (Wildman–Crippen LogP) is 2.77. The van der Waals surface area contributed by atoms with Gasteiger partial charge in [0.1, 0.15) is 17.3 Å². The Morgan fingerprint density at radius 1 is 1.07 bits per heavy atom. The minimum absolute atomic E-state index is 0.185. The number of ether oxygens (including phenoxy) is 2. The van der Waals surface area contributed by atoms with Crippen molar-refractivity contribution < 1.29 is 14.3 Å². The molecule has 0 unspecified atom stereocenters. The molecule has 136 valence electrons. The Bertz CT molecular complexity index is 978. The van der Waals surface area contributed by atoms with Gasteiger partial charge >= 0.3 is 0 Å². The maximum absolute atomic E-state index is 12.6. The first-order valence-electron chi connectivity index (χ1n) is 8.37. The minimum atomic E-state index is -0.327. The van der Waals surface area contributed by atoms with Crippen LogP contribution in [0.3, 0.4) is 0 Å². The fraction of sp³-hybridized carbons (Fsp3) is 0.158. The molecule has 27 heavy (non-hydrogen) atoms. The summed E-state index contributed by atoms with van der Waals surface area (Å²) in [6.07, 6.45) is 3.46. The van der Waals surface area contributed by atoms with Gasteiger partial charge in [-0.05, 0) is 36.8 Å². The van der Waals surface area contributed by atoms with E-state index >= 15 is 0 Å². The van der Waals surface area contributed by atoms with Gasteiger partial charge in [0.05, 0.1) is 0 Å². The summed E-state index contributed by atoms with van der Waals surface area (Å²) in [5.74, 6) is 2.02. The molecule has 0 aliphatic carbocycles. The summed E-state index contributed by atoms with van der Waals surface area (Å²) in [7, 11) is 0. The Balaban J connectivity index is 1.47. The maximum Gasteiger partial charge on any atom is 0.274 e. The van der Waals surface area contributed by atoms with Crippen LogP contribution < -0.4 is 20.1 Å². The summed E-state index contributed by atoms with van der Waals surface area (Å²) >= 11 is 0. The van der Waals surface area contributed by atoms with Crippen molar-refractivity contribution in [2.45, 2.75) is 13.5 Å². The van der Waals surface area contributed by atoms with E-state index in [9.17, 15) is 4.79 Å². The first-order chi connectivity index (χ1) is 13.2. The number of rotatable bonds is 5. The Kier molecular flexibility index (Phi) is 4.52. The molecule has 1 amide bonds. The van der Waals surface area contributed by atoms with Gasteiger partial charge in [-0.15, -0.1) is 0 Å². The summed E-state index contributed by atoms with van der Waals surface area (Å²) in [5.41, 5.74) is 1.94. The maximum atomic E-state index is 12.6. The van der Waals surface area contributed by atoms with Crippen molar-refractivity contribution in [3.63, 3.8) is 0 Å². The zero-order chi connectivity index (χ0) is 18.6. The van der Waals surface area contributed by atoms with Crippen molar-refractivity contribution in [1.29, 1.82) is 0 Å². The SMILES string of the molecule is Cc1nc(NCc2ccncc2)cc(C(=O)Nc2ccc3c(c2)OCO3)n1. The molecule has 8 nitrogen and oxygen atoms in total. The van der Waals surface area contributed by atoms with Gasteiger partial charge in [0.2, 0.25) is 6.79 Å². The second-order valence-corrected chi connectivity index (χ2v) is 5.92. The highest BCUT2D eigenvalue weighted by molar-refractivity contribution is 6.03. The first kappa shape index (κ1) is 16.8. The molecule has 0 spiro atoms. The summed E-state index contributed by atoms with van der Waals surface area (Å²) in [5, 5.41) is 6.01. The van der Waals surface area contributed by atoms with Crippen molar-refractivity contribution in [1.82, 2.24) is 15.0 Å². The molecule has 3 heterocycles. The van der Waals surface area contributed by atoms with Crippen LogP contribution in [0.5, 0.6) is 11.5 Å². The fourth-order valence-corrected chi connectivity index (χ4v) is 2.64. The smallest absolute Gasteiger partial charge is 0.274 e. The van der Waals surface area contributed by atoms with Gasteiger partial charge in [0.15, 0.2) is 11.5 Å². The molecule has 8 heteroatoms. The molecular weight excluding hydrogens is 346 g/mol. The van der Waals surface area contributed by atoms with Crippen LogP contribution in [0, 0.1) is 6.92 Å². The largest absolute Gasteiger partial charge is 0.454 e. The van der Waals surface area contributed by atoms with E-state index in [0.717, 1.165) is 5.56 Å². The Morgan fingerprint density at radius 2 is 1.89 bits per heavy atom. The number of hydrogen-bond acceptors (Lipinski definition) is 7. The molecule has 1 aliphatic rings. The van der Waals surface area contributed by atoms with Gasteiger partial charge in [-0.2, -0.15) is 0 Å². The van der Waals surface area contributed by atoms with Gasteiger partial charge in [0.25, 0.3) is 5.91 Å². The zero-order valence-corrected chi connectivity index (χ0v) is 14.6. The summed E-state index contributed by atoms with van der Waals surface area (Å²) < 4.78 is 10.6. The lowest BCUT2D eigenvalue weighted by Crippen LogP contribution is -2.15. The van der Waals surface area contributed by atoms with E-state index in [4.69, 9.17) is 9.47 Å². The topological polar surface area (TPSA) is 98.3 Å². The lowest BCUT2D eigenvalue weighted by atomic mass is 10.2. The molecule has 2 aromatic heterocycles. The van der Waals surface area contributed by atoms with E-state index in [0.29, 0.717) is 35.4 Å². The highest BCUT2D eigenvalue weighted by Gasteiger charge is 2.16. The van der Waals surface area contributed by atoms with Gasteiger partial charge in [0, 0.05) is 36.8 Å². The Morgan fingerprint density at radius 3 is 2.74 bits per heavy atom. The van der Waals surface area contributed by atoms with Gasteiger partial charge < -0.3 is 20.1 Å². The summed E-state index contributed by atoms with van der Waals surface area (Å²) in [6.45, 7) is 2.50. The van der Waals surface area contributed by atoms with Crippen LogP contribution in [0.2, 0.25) is 0 Å². The van der Waals surface area contributed by atoms with Crippen molar-refractivity contribution in [2.24, 2.45) is 0 Å². The molecule has 0 fully saturated rings. The second kappa shape index (κ2) is 7.28. The zero-order valence-electron chi connectivity index (χ0n) is 14.6. The Labute approximate surface area is 155 Å². The van der Waals surface area contributed by atoms with Crippen molar-refractivity contribution in [3.05, 3.63) is 65.9 Å². The fourth-order valence-electron chi connectivity index (χ4n) is 2.64. The van der Waals surface area contributed by atoms with E-state index in [1.54, 1.807) is 43.6 Å². The van der Waals surface area contributed by atoms with Gasteiger partial charge in [-0.25, -0.2) is 9.97 Å². The standard InChI is InChI=1S/C19H17N5O3/c1-12-22-15(9-18(23-12)21-10-13-4-6-20-7-5-13)19(25)24-14-2-3-16-17(8-14)27-11-26-16/h2-9H,10-11H2,1H3,(H,24,25)(H,21,22,23). The van der Waals surface area contributed by atoms with E-state index in [1.807, 2.05) is 12.1 Å². The number of pyridine rings is 1. The molecule has 0 bridgehead atoms. The Hall–Kier alpha value is -3.68. The van der Waals surface area contributed by atoms with Crippen LogP contribution in [0.4, 0.5) is 11.5 Å². The average Bonchev–Trinajstić information content (AvgIpc) is 3.14. The van der Waals surface area contributed by atoms with Crippen LogP contribution >= 0.6 is 0 Å². The van der Waals surface area contributed by atoms with E-state index < -0.39 is 0 Å². The number of benzene rings is 1. The number of aromatic nitrogens is 3. The number of amides is 1. The third-order valence-corrected chi connectivity index (χ3v) is 3.92. The van der Waals surface area contributed by atoms with Crippen LogP contribution in [0.1, 0.15) is 21.9 Å². The van der Waals surface area contributed by atoms with Crippen LogP contribution in [-0.4, -0.2) is 27.7 Å². The van der Waals surface area contributed by atoms with Gasteiger partial charge in [-0.3, -0.25) is 9.78 Å². The lowest BCUT2D eigenvalue weighted by molar-refractivity contribution is 0.102. The van der Waals surface area contributed by atoms with Crippen molar-refractivity contribution in [3.8, 4) is 11.5 Å². The van der Waals surface area contributed by atoms with Crippen LogP contribution in [0.25, 0.3) is 0 Å².